The molecule has 7 heteroatoms. The van der Waals surface area contributed by atoms with Gasteiger partial charge in [0.15, 0.2) is 5.96 Å². The zero-order valence-corrected chi connectivity index (χ0v) is 20.0. The van der Waals surface area contributed by atoms with E-state index in [2.05, 4.69) is 29.5 Å². The molecule has 0 spiro atoms. The molecule has 1 aliphatic heterocycles. The number of nitrogens with zero attached hydrogens (tertiary/aromatic N) is 2. The number of halogens is 2. The molecule has 2 aliphatic rings. The van der Waals surface area contributed by atoms with E-state index in [-0.39, 0.29) is 35.9 Å². The Bertz CT molecular complexity index is 664. The van der Waals surface area contributed by atoms with Gasteiger partial charge in [0.25, 0.3) is 0 Å². The van der Waals surface area contributed by atoms with Crippen LogP contribution in [0.15, 0.2) is 23.2 Å². The van der Waals surface area contributed by atoms with Crippen LogP contribution >= 0.6 is 24.0 Å². The third-order valence-electron chi connectivity index (χ3n) is 5.86. The molecule has 164 valence electrons. The van der Waals surface area contributed by atoms with Crippen molar-refractivity contribution in [3.8, 4) is 0 Å². The first-order valence-electron chi connectivity index (χ1n) is 10.8. The van der Waals surface area contributed by atoms with Crippen LogP contribution in [0.4, 0.5) is 10.1 Å². The lowest BCUT2D eigenvalue weighted by atomic mass is 9.87. The molecule has 1 saturated heterocycles. The first-order chi connectivity index (χ1) is 13.5. The van der Waals surface area contributed by atoms with Gasteiger partial charge in [-0.15, -0.1) is 24.0 Å². The van der Waals surface area contributed by atoms with Crippen molar-refractivity contribution in [2.45, 2.75) is 71.1 Å². The zero-order chi connectivity index (χ0) is 19.9. The number of hydrogen-bond donors (Lipinski definition) is 3. The molecular formula is C22H36FIN4O. The second-order valence-electron chi connectivity index (χ2n) is 8.31. The predicted octanol–water partition coefficient (Wildman–Crippen LogP) is 4.04. The van der Waals surface area contributed by atoms with E-state index in [9.17, 15) is 9.50 Å². The molecule has 0 bridgehead atoms. The molecule has 2 fully saturated rings. The average molecular weight is 518 g/mol. The van der Waals surface area contributed by atoms with Crippen LogP contribution in [0, 0.1) is 11.7 Å². The second kappa shape index (κ2) is 11.9. The van der Waals surface area contributed by atoms with Crippen LogP contribution in [0.1, 0.15) is 57.9 Å². The molecule has 0 amide bonds. The fraction of sp³-hybridized carbons (Fsp3) is 0.682. The van der Waals surface area contributed by atoms with Crippen molar-refractivity contribution in [3.05, 3.63) is 29.6 Å². The molecule has 5 nitrogen and oxygen atoms in total. The molecule has 2 atom stereocenters. The summed E-state index contributed by atoms with van der Waals surface area (Å²) in [5, 5.41) is 16.5. The largest absolute Gasteiger partial charge is 0.393 e. The van der Waals surface area contributed by atoms with Crippen molar-refractivity contribution >= 4 is 35.6 Å². The molecule has 0 aromatic heterocycles. The summed E-state index contributed by atoms with van der Waals surface area (Å²) >= 11 is 0. The SMILES string of the molecule is CCNC(=NCc1ccc(N2CCC(O)CC2)c(F)c1)NC1CCCC(C)C1.I. The Kier molecular flexibility index (Phi) is 9.95. The van der Waals surface area contributed by atoms with Gasteiger partial charge in [0.2, 0.25) is 0 Å². The van der Waals surface area contributed by atoms with Crippen molar-refractivity contribution in [2.24, 2.45) is 10.9 Å². The van der Waals surface area contributed by atoms with Gasteiger partial charge in [-0.05, 0) is 56.2 Å². The average Bonchev–Trinajstić information content (AvgIpc) is 2.67. The zero-order valence-electron chi connectivity index (χ0n) is 17.7. The quantitative estimate of drug-likeness (QED) is 0.313. The lowest BCUT2D eigenvalue weighted by molar-refractivity contribution is 0.145. The number of rotatable bonds is 5. The number of guanidine groups is 1. The van der Waals surface area contributed by atoms with Crippen LogP contribution in [0.3, 0.4) is 0 Å². The minimum atomic E-state index is -0.253. The van der Waals surface area contributed by atoms with E-state index in [1.54, 1.807) is 6.07 Å². The molecule has 29 heavy (non-hydrogen) atoms. The van der Waals surface area contributed by atoms with E-state index in [1.807, 2.05) is 17.0 Å². The highest BCUT2D eigenvalue weighted by atomic mass is 127. The van der Waals surface area contributed by atoms with E-state index in [0.717, 1.165) is 24.0 Å². The fourth-order valence-electron chi connectivity index (χ4n) is 4.26. The van der Waals surface area contributed by atoms with Crippen LogP contribution in [-0.4, -0.2) is 42.8 Å². The van der Waals surface area contributed by atoms with Crippen LogP contribution in [-0.2, 0) is 6.54 Å². The van der Waals surface area contributed by atoms with E-state index in [0.29, 0.717) is 44.2 Å². The van der Waals surface area contributed by atoms with Crippen LogP contribution < -0.4 is 15.5 Å². The van der Waals surface area contributed by atoms with Gasteiger partial charge in [-0.2, -0.15) is 0 Å². The lowest BCUT2D eigenvalue weighted by Gasteiger charge is -2.31. The first kappa shape index (κ1) is 24.2. The maximum Gasteiger partial charge on any atom is 0.191 e. The first-order valence-corrected chi connectivity index (χ1v) is 10.8. The summed E-state index contributed by atoms with van der Waals surface area (Å²) in [6.07, 6.45) is 6.08. The Balaban J connectivity index is 0.00000300. The minimum absolute atomic E-state index is 0. The van der Waals surface area contributed by atoms with Crippen molar-refractivity contribution in [2.75, 3.05) is 24.5 Å². The molecule has 1 heterocycles. The molecule has 2 unspecified atom stereocenters. The minimum Gasteiger partial charge on any atom is -0.393 e. The summed E-state index contributed by atoms with van der Waals surface area (Å²) in [5.41, 5.74) is 1.49. The van der Waals surface area contributed by atoms with Crippen molar-refractivity contribution in [1.82, 2.24) is 10.6 Å². The van der Waals surface area contributed by atoms with Crippen LogP contribution in [0.2, 0.25) is 0 Å². The summed E-state index contributed by atoms with van der Waals surface area (Å²) in [7, 11) is 0. The van der Waals surface area contributed by atoms with E-state index < -0.39 is 0 Å². The molecule has 1 aliphatic carbocycles. The van der Waals surface area contributed by atoms with Crippen molar-refractivity contribution in [1.29, 1.82) is 0 Å². The molecule has 0 radical (unpaired) electrons. The van der Waals surface area contributed by atoms with E-state index in [4.69, 9.17) is 0 Å². The normalized spacial score (nSPS) is 23.4. The fourth-order valence-corrected chi connectivity index (χ4v) is 4.26. The predicted molar refractivity (Wildman–Crippen MR) is 129 cm³/mol. The van der Waals surface area contributed by atoms with Crippen LogP contribution in [0.5, 0.6) is 0 Å². The van der Waals surface area contributed by atoms with Crippen molar-refractivity contribution < 1.29 is 9.50 Å². The van der Waals surface area contributed by atoms with Gasteiger partial charge in [0.05, 0.1) is 18.3 Å². The third-order valence-corrected chi connectivity index (χ3v) is 5.86. The summed E-state index contributed by atoms with van der Waals surface area (Å²) in [6.45, 7) is 7.03. The van der Waals surface area contributed by atoms with Gasteiger partial charge < -0.3 is 20.6 Å². The molecular weight excluding hydrogens is 482 g/mol. The molecule has 1 aromatic rings. The number of anilines is 1. The van der Waals surface area contributed by atoms with Crippen LogP contribution in [0.25, 0.3) is 0 Å². The highest BCUT2D eigenvalue weighted by Crippen LogP contribution is 2.25. The number of aliphatic imine (C=N–C) groups is 1. The molecule has 3 N–H and O–H groups in total. The summed E-state index contributed by atoms with van der Waals surface area (Å²) in [5.74, 6) is 1.37. The Morgan fingerprint density at radius 1 is 1.24 bits per heavy atom. The molecule has 3 rings (SSSR count). The number of nitrogens with one attached hydrogen (secondary N) is 2. The van der Waals surface area contributed by atoms with Gasteiger partial charge >= 0.3 is 0 Å². The van der Waals surface area contributed by atoms with Gasteiger partial charge in [0.1, 0.15) is 5.82 Å². The van der Waals surface area contributed by atoms with Gasteiger partial charge in [-0.3, -0.25) is 0 Å². The number of piperidine rings is 1. The smallest absolute Gasteiger partial charge is 0.191 e. The monoisotopic (exact) mass is 518 g/mol. The highest BCUT2D eigenvalue weighted by molar-refractivity contribution is 14.0. The number of benzene rings is 1. The standard InChI is InChI=1S/C22H35FN4O.HI/c1-3-24-22(26-18-6-4-5-16(2)13-18)25-15-17-7-8-21(20(23)14-17)27-11-9-19(28)10-12-27;/h7-8,14,16,18-19,28H,3-6,9-13,15H2,1-2H3,(H2,24,25,26);1H. The topological polar surface area (TPSA) is 59.9 Å². The van der Waals surface area contributed by atoms with Gasteiger partial charge in [0, 0.05) is 25.7 Å². The van der Waals surface area contributed by atoms with Crippen molar-refractivity contribution in [3.63, 3.8) is 0 Å². The second-order valence-corrected chi connectivity index (χ2v) is 8.31. The van der Waals surface area contributed by atoms with E-state index in [1.165, 1.54) is 25.7 Å². The maximum atomic E-state index is 14.6. The van der Waals surface area contributed by atoms with E-state index >= 15 is 0 Å². The summed E-state index contributed by atoms with van der Waals surface area (Å²) in [4.78, 5) is 6.70. The Hall–Kier alpha value is -1.09. The Morgan fingerprint density at radius 2 is 2.00 bits per heavy atom. The highest BCUT2D eigenvalue weighted by Gasteiger charge is 2.21. The molecule has 1 aromatic carbocycles. The lowest BCUT2D eigenvalue weighted by Crippen LogP contribution is -2.45. The number of hydrogen-bond acceptors (Lipinski definition) is 3. The van der Waals surface area contributed by atoms with Gasteiger partial charge in [-0.25, -0.2) is 9.38 Å². The summed E-state index contributed by atoms with van der Waals surface area (Å²) < 4.78 is 14.6. The Morgan fingerprint density at radius 3 is 2.66 bits per heavy atom. The maximum absolute atomic E-state index is 14.6. The Labute approximate surface area is 191 Å². The van der Waals surface area contributed by atoms with Gasteiger partial charge in [-0.1, -0.05) is 25.8 Å². The number of aliphatic hydroxyl groups is 1. The summed E-state index contributed by atoms with van der Waals surface area (Å²) in [6, 6.07) is 5.87. The number of aliphatic hydroxyl groups excluding tert-OH is 1. The third kappa shape index (κ3) is 7.27. The molecule has 1 saturated carbocycles.